The van der Waals surface area contributed by atoms with Gasteiger partial charge in [-0.25, -0.2) is 9.50 Å². The van der Waals surface area contributed by atoms with Gasteiger partial charge in [0, 0.05) is 61.2 Å². The van der Waals surface area contributed by atoms with Crippen LogP contribution in [0.5, 0.6) is 0 Å². The summed E-state index contributed by atoms with van der Waals surface area (Å²) in [6.07, 6.45) is 5.87. The summed E-state index contributed by atoms with van der Waals surface area (Å²) in [5.74, 6) is 0.716. The average molecular weight is 398 g/mol. The molecule has 1 aliphatic heterocycles. The Morgan fingerprint density at radius 3 is 2.50 bits per heavy atom. The largest absolute Gasteiger partial charge is 0.368 e. The molecule has 0 N–H and O–H groups in total. The SMILES string of the molecule is CSc1nc2nc(C)c(CC(=O)N3CCN(c4ccncc4)CC3)c(C)n2n1. The zero-order valence-electron chi connectivity index (χ0n) is 16.3. The van der Waals surface area contributed by atoms with Crippen molar-refractivity contribution in [3.63, 3.8) is 0 Å². The van der Waals surface area contributed by atoms with Crippen molar-refractivity contribution >= 4 is 29.1 Å². The zero-order valence-corrected chi connectivity index (χ0v) is 17.1. The molecule has 146 valence electrons. The quantitative estimate of drug-likeness (QED) is 0.621. The number of amides is 1. The lowest BCUT2D eigenvalue weighted by atomic mass is 10.1. The van der Waals surface area contributed by atoms with Gasteiger partial charge >= 0.3 is 0 Å². The second-order valence-electron chi connectivity index (χ2n) is 6.82. The molecule has 0 bridgehead atoms. The van der Waals surface area contributed by atoms with Gasteiger partial charge in [0.05, 0.1) is 6.42 Å². The molecule has 0 unspecified atom stereocenters. The monoisotopic (exact) mass is 397 g/mol. The Hall–Kier alpha value is -2.68. The predicted octanol–water partition coefficient (Wildman–Crippen LogP) is 1.75. The zero-order chi connectivity index (χ0) is 19.7. The molecule has 4 heterocycles. The number of hydrogen-bond donors (Lipinski definition) is 0. The maximum Gasteiger partial charge on any atom is 0.253 e. The molecule has 3 aromatic rings. The molecule has 8 nitrogen and oxygen atoms in total. The second kappa shape index (κ2) is 7.75. The van der Waals surface area contributed by atoms with Crippen molar-refractivity contribution < 1.29 is 4.79 Å². The standard InChI is InChI=1S/C19H23N7OS/c1-13-16(14(2)26-18(21-13)22-19(23-26)28-3)12-17(27)25-10-8-24(9-11-25)15-4-6-20-7-5-15/h4-7H,8-12H2,1-3H3. The van der Waals surface area contributed by atoms with E-state index in [-0.39, 0.29) is 5.91 Å². The summed E-state index contributed by atoms with van der Waals surface area (Å²) in [5.41, 5.74) is 3.86. The average Bonchev–Trinajstić information content (AvgIpc) is 3.15. The van der Waals surface area contributed by atoms with E-state index in [0.717, 1.165) is 48.8 Å². The van der Waals surface area contributed by atoms with E-state index in [1.54, 1.807) is 16.9 Å². The molecular weight excluding hydrogens is 374 g/mol. The molecule has 0 aromatic carbocycles. The number of carbonyl (C=O) groups is 1. The minimum Gasteiger partial charge on any atom is -0.368 e. The summed E-state index contributed by atoms with van der Waals surface area (Å²) in [7, 11) is 0. The van der Waals surface area contributed by atoms with Gasteiger partial charge in [-0.05, 0) is 32.2 Å². The van der Waals surface area contributed by atoms with Gasteiger partial charge in [-0.1, -0.05) is 11.8 Å². The fourth-order valence-corrected chi connectivity index (χ4v) is 3.90. The van der Waals surface area contributed by atoms with Crippen LogP contribution in [-0.4, -0.2) is 67.8 Å². The molecule has 3 aromatic heterocycles. The van der Waals surface area contributed by atoms with Gasteiger partial charge in [0.15, 0.2) is 0 Å². The lowest BCUT2D eigenvalue weighted by Crippen LogP contribution is -2.49. The molecule has 4 rings (SSSR count). The second-order valence-corrected chi connectivity index (χ2v) is 7.59. The Kier molecular flexibility index (Phi) is 5.17. The lowest BCUT2D eigenvalue weighted by Gasteiger charge is -2.36. The van der Waals surface area contributed by atoms with Gasteiger partial charge in [-0.3, -0.25) is 9.78 Å². The first-order valence-electron chi connectivity index (χ1n) is 9.26. The highest BCUT2D eigenvalue weighted by atomic mass is 32.2. The molecule has 28 heavy (non-hydrogen) atoms. The third kappa shape index (κ3) is 3.54. The van der Waals surface area contributed by atoms with E-state index in [0.29, 0.717) is 17.4 Å². The maximum absolute atomic E-state index is 12.9. The van der Waals surface area contributed by atoms with Gasteiger partial charge in [0.1, 0.15) is 0 Å². The Morgan fingerprint density at radius 2 is 1.82 bits per heavy atom. The van der Waals surface area contributed by atoms with Gasteiger partial charge in [0.2, 0.25) is 11.1 Å². The van der Waals surface area contributed by atoms with E-state index in [2.05, 4.69) is 25.0 Å². The molecular formula is C19H23N7OS. The number of hydrogen-bond acceptors (Lipinski definition) is 7. The molecule has 0 spiro atoms. The third-order valence-corrected chi connectivity index (χ3v) is 5.74. The van der Waals surface area contributed by atoms with Crippen LogP contribution in [0.1, 0.15) is 17.0 Å². The fourth-order valence-electron chi connectivity index (χ4n) is 3.56. The van der Waals surface area contributed by atoms with Crippen molar-refractivity contribution in [1.82, 2.24) is 29.5 Å². The van der Waals surface area contributed by atoms with Crippen LogP contribution in [0.25, 0.3) is 5.78 Å². The third-order valence-electron chi connectivity index (χ3n) is 5.20. The van der Waals surface area contributed by atoms with Crippen LogP contribution >= 0.6 is 11.8 Å². The highest BCUT2D eigenvalue weighted by Crippen LogP contribution is 2.19. The van der Waals surface area contributed by atoms with E-state index < -0.39 is 0 Å². The molecule has 9 heteroatoms. The molecule has 0 aliphatic carbocycles. The van der Waals surface area contributed by atoms with E-state index in [4.69, 9.17) is 0 Å². The van der Waals surface area contributed by atoms with Crippen molar-refractivity contribution in [1.29, 1.82) is 0 Å². The number of aromatic nitrogens is 5. The molecule has 0 saturated carbocycles. The first kappa shape index (κ1) is 18.7. The minimum absolute atomic E-state index is 0.131. The summed E-state index contributed by atoms with van der Waals surface area (Å²) in [6.45, 7) is 6.99. The summed E-state index contributed by atoms with van der Waals surface area (Å²) in [5, 5.41) is 5.15. The van der Waals surface area contributed by atoms with Crippen molar-refractivity contribution in [3.8, 4) is 0 Å². The smallest absolute Gasteiger partial charge is 0.253 e. The molecule has 0 radical (unpaired) electrons. The Bertz CT molecular complexity index is 996. The van der Waals surface area contributed by atoms with Crippen LogP contribution in [0.4, 0.5) is 5.69 Å². The van der Waals surface area contributed by atoms with Crippen LogP contribution < -0.4 is 4.90 Å². The number of carbonyl (C=O) groups excluding carboxylic acids is 1. The van der Waals surface area contributed by atoms with Gasteiger partial charge in [-0.15, -0.1) is 5.10 Å². The van der Waals surface area contributed by atoms with E-state index in [1.165, 1.54) is 11.8 Å². The Labute approximate surface area is 168 Å². The summed E-state index contributed by atoms with van der Waals surface area (Å²) < 4.78 is 1.74. The molecule has 1 saturated heterocycles. The predicted molar refractivity (Wildman–Crippen MR) is 109 cm³/mol. The maximum atomic E-state index is 12.9. The van der Waals surface area contributed by atoms with Crippen molar-refractivity contribution in [2.24, 2.45) is 0 Å². The number of pyridine rings is 1. The normalized spacial score (nSPS) is 14.7. The summed E-state index contributed by atoms with van der Waals surface area (Å²) >= 11 is 1.48. The summed E-state index contributed by atoms with van der Waals surface area (Å²) in [6, 6.07) is 4.01. The van der Waals surface area contributed by atoms with Gasteiger partial charge < -0.3 is 9.80 Å². The highest BCUT2D eigenvalue weighted by molar-refractivity contribution is 7.98. The van der Waals surface area contributed by atoms with Crippen molar-refractivity contribution in [2.75, 3.05) is 37.3 Å². The molecule has 0 atom stereocenters. The number of aryl methyl sites for hydroxylation is 2. The molecule has 1 fully saturated rings. The Morgan fingerprint density at radius 1 is 1.11 bits per heavy atom. The van der Waals surface area contributed by atoms with E-state index in [9.17, 15) is 4.79 Å². The van der Waals surface area contributed by atoms with Crippen LogP contribution in [0, 0.1) is 13.8 Å². The molecule has 1 amide bonds. The van der Waals surface area contributed by atoms with E-state index in [1.807, 2.05) is 37.1 Å². The number of piperazine rings is 1. The number of fused-ring (bicyclic) bond motifs is 1. The topological polar surface area (TPSA) is 79.5 Å². The van der Waals surface area contributed by atoms with Crippen molar-refractivity contribution in [2.45, 2.75) is 25.4 Å². The number of thioether (sulfide) groups is 1. The van der Waals surface area contributed by atoms with Crippen LogP contribution in [0.3, 0.4) is 0 Å². The van der Waals surface area contributed by atoms with Gasteiger partial charge in [0.25, 0.3) is 5.78 Å². The Balaban J connectivity index is 1.47. The minimum atomic E-state index is 0.131. The van der Waals surface area contributed by atoms with E-state index >= 15 is 0 Å². The van der Waals surface area contributed by atoms with Crippen LogP contribution in [-0.2, 0) is 11.2 Å². The first-order valence-corrected chi connectivity index (χ1v) is 10.5. The van der Waals surface area contributed by atoms with Gasteiger partial charge in [-0.2, -0.15) is 4.98 Å². The lowest BCUT2D eigenvalue weighted by molar-refractivity contribution is -0.130. The highest BCUT2D eigenvalue weighted by Gasteiger charge is 2.23. The van der Waals surface area contributed by atoms with Crippen LogP contribution in [0.15, 0.2) is 29.7 Å². The van der Waals surface area contributed by atoms with Crippen LogP contribution in [0.2, 0.25) is 0 Å². The molecule has 1 aliphatic rings. The number of anilines is 1. The van der Waals surface area contributed by atoms with Crippen molar-refractivity contribution in [3.05, 3.63) is 41.5 Å². The number of nitrogens with zero attached hydrogens (tertiary/aromatic N) is 7. The number of rotatable bonds is 4. The summed E-state index contributed by atoms with van der Waals surface area (Å²) in [4.78, 5) is 30.2. The first-order chi connectivity index (χ1) is 13.6. The fraction of sp³-hybridized carbons (Fsp3) is 0.421.